The molecule has 2 aromatic rings. The lowest BCUT2D eigenvalue weighted by atomic mass is 10.2. The number of ether oxygens (including phenoxy) is 3. The van der Waals surface area contributed by atoms with Crippen LogP contribution in [0.5, 0.6) is 11.5 Å². The van der Waals surface area contributed by atoms with Crippen LogP contribution >= 0.6 is 0 Å². The third-order valence-corrected chi connectivity index (χ3v) is 3.97. The van der Waals surface area contributed by atoms with Crippen molar-refractivity contribution < 1.29 is 23.8 Å². The van der Waals surface area contributed by atoms with Crippen molar-refractivity contribution >= 4 is 17.6 Å². The average Bonchev–Trinajstić information content (AvgIpc) is 3.13. The van der Waals surface area contributed by atoms with Crippen molar-refractivity contribution in [3.8, 4) is 11.5 Å². The molecule has 0 aliphatic carbocycles. The highest BCUT2D eigenvalue weighted by Crippen LogP contribution is 2.32. The summed E-state index contributed by atoms with van der Waals surface area (Å²) >= 11 is 0. The number of carbonyl (C=O) groups is 2. The number of nitrogens with one attached hydrogen (secondary N) is 2. The zero-order valence-corrected chi connectivity index (χ0v) is 14.6. The van der Waals surface area contributed by atoms with Gasteiger partial charge in [0.1, 0.15) is 0 Å². The van der Waals surface area contributed by atoms with Crippen LogP contribution in [0.4, 0.5) is 5.69 Å². The zero-order valence-electron chi connectivity index (χ0n) is 14.6. The summed E-state index contributed by atoms with van der Waals surface area (Å²) < 4.78 is 15.8. The van der Waals surface area contributed by atoms with E-state index in [1.54, 1.807) is 31.3 Å². The third-order valence-electron chi connectivity index (χ3n) is 3.97. The van der Waals surface area contributed by atoms with E-state index in [4.69, 9.17) is 14.2 Å². The predicted molar refractivity (Wildman–Crippen MR) is 95.3 cm³/mol. The molecule has 2 N–H and O–H groups in total. The first-order valence-corrected chi connectivity index (χ1v) is 8.22. The van der Waals surface area contributed by atoms with Crippen molar-refractivity contribution in [1.29, 1.82) is 0 Å². The van der Waals surface area contributed by atoms with Crippen molar-refractivity contribution in [2.45, 2.75) is 19.6 Å². The molecule has 1 amide bonds. The highest BCUT2D eigenvalue weighted by atomic mass is 16.7. The predicted octanol–water partition coefficient (Wildman–Crippen LogP) is 2.32. The Labute approximate surface area is 151 Å². The molecule has 7 heteroatoms. The Morgan fingerprint density at radius 3 is 2.73 bits per heavy atom. The fourth-order valence-corrected chi connectivity index (χ4v) is 2.54. The lowest BCUT2D eigenvalue weighted by Crippen LogP contribution is -2.35. The van der Waals surface area contributed by atoms with Crippen LogP contribution in [-0.2, 0) is 16.1 Å². The Kier molecular flexibility index (Phi) is 5.26. The highest BCUT2D eigenvalue weighted by Gasteiger charge is 2.20. The van der Waals surface area contributed by atoms with E-state index in [0.29, 0.717) is 29.3 Å². The molecule has 7 nitrogen and oxygen atoms in total. The molecular weight excluding hydrogens is 336 g/mol. The van der Waals surface area contributed by atoms with Gasteiger partial charge in [0, 0.05) is 19.3 Å². The lowest BCUT2D eigenvalue weighted by molar-refractivity contribution is -0.129. The number of hydrogen-bond donors (Lipinski definition) is 2. The molecule has 0 unspecified atom stereocenters. The number of anilines is 1. The molecule has 0 saturated carbocycles. The SMILES string of the molecule is CNc1ccccc1C(=O)O[C@H](C)C(=O)NCc1ccc2c(c1)OCO2. The van der Waals surface area contributed by atoms with E-state index >= 15 is 0 Å². The van der Waals surface area contributed by atoms with Crippen LogP contribution in [-0.4, -0.2) is 31.8 Å². The van der Waals surface area contributed by atoms with E-state index in [2.05, 4.69) is 10.6 Å². The van der Waals surface area contributed by atoms with E-state index in [-0.39, 0.29) is 12.7 Å². The summed E-state index contributed by atoms with van der Waals surface area (Å²) in [7, 11) is 1.72. The molecule has 1 aliphatic rings. The standard InChI is InChI=1S/C19H20N2O5/c1-12(26-19(23)14-5-3-4-6-15(14)20-2)18(22)21-10-13-7-8-16-17(9-13)25-11-24-16/h3-9,12,20H,10-11H2,1-2H3,(H,21,22)/t12-/m1/s1. The van der Waals surface area contributed by atoms with Gasteiger partial charge in [0.15, 0.2) is 17.6 Å². The van der Waals surface area contributed by atoms with Gasteiger partial charge in [-0.1, -0.05) is 18.2 Å². The van der Waals surface area contributed by atoms with Crippen molar-refractivity contribution in [1.82, 2.24) is 5.32 Å². The molecule has 1 heterocycles. The Hall–Kier alpha value is -3.22. The topological polar surface area (TPSA) is 85.9 Å². The van der Waals surface area contributed by atoms with Gasteiger partial charge >= 0.3 is 5.97 Å². The maximum Gasteiger partial charge on any atom is 0.341 e. The maximum atomic E-state index is 12.3. The first-order chi connectivity index (χ1) is 12.6. The molecular formula is C19H20N2O5. The molecule has 0 bridgehead atoms. The van der Waals surface area contributed by atoms with Gasteiger partial charge in [0.05, 0.1) is 5.56 Å². The smallest absolute Gasteiger partial charge is 0.341 e. The second kappa shape index (κ2) is 7.77. The molecule has 0 aromatic heterocycles. The highest BCUT2D eigenvalue weighted by molar-refractivity contribution is 5.97. The minimum absolute atomic E-state index is 0.201. The van der Waals surface area contributed by atoms with E-state index in [9.17, 15) is 9.59 Å². The van der Waals surface area contributed by atoms with Gasteiger partial charge in [-0.3, -0.25) is 4.79 Å². The van der Waals surface area contributed by atoms with Gasteiger partial charge in [0.2, 0.25) is 6.79 Å². The van der Waals surface area contributed by atoms with Crippen LogP contribution in [0, 0.1) is 0 Å². The lowest BCUT2D eigenvalue weighted by Gasteiger charge is -2.15. The summed E-state index contributed by atoms with van der Waals surface area (Å²) in [5, 5.41) is 5.67. The Balaban J connectivity index is 1.55. The van der Waals surface area contributed by atoms with Crippen molar-refractivity contribution in [3.05, 3.63) is 53.6 Å². The first-order valence-electron chi connectivity index (χ1n) is 8.22. The molecule has 0 radical (unpaired) electrons. The van der Waals surface area contributed by atoms with E-state index in [1.165, 1.54) is 6.92 Å². The molecule has 1 aliphatic heterocycles. The Morgan fingerprint density at radius 2 is 1.92 bits per heavy atom. The fourth-order valence-electron chi connectivity index (χ4n) is 2.54. The molecule has 0 saturated heterocycles. The Morgan fingerprint density at radius 1 is 1.15 bits per heavy atom. The van der Waals surface area contributed by atoms with Crippen LogP contribution in [0.25, 0.3) is 0 Å². The number of fused-ring (bicyclic) bond motifs is 1. The second-order valence-electron chi connectivity index (χ2n) is 5.75. The molecule has 1 atom stereocenters. The van der Waals surface area contributed by atoms with Crippen LogP contribution in [0.15, 0.2) is 42.5 Å². The number of hydrogen-bond acceptors (Lipinski definition) is 6. The van der Waals surface area contributed by atoms with Crippen molar-refractivity contribution in [2.75, 3.05) is 19.2 Å². The van der Waals surface area contributed by atoms with Crippen molar-refractivity contribution in [2.24, 2.45) is 0 Å². The summed E-state index contributed by atoms with van der Waals surface area (Å²) in [6.07, 6.45) is -0.915. The van der Waals surface area contributed by atoms with Crippen LogP contribution in [0.2, 0.25) is 0 Å². The summed E-state index contributed by atoms with van der Waals surface area (Å²) in [4.78, 5) is 24.5. The molecule has 3 rings (SSSR count). The minimum Gasteiger partial charge on any atom is -0.454 e. The summed E-state index contributed by atoms with van der Waals surface area (Å²) in [6.45, 7) is 2.03. The third kappa shape index (κ3) is 3.88. The van der Waals surface area contributed by atoms with Gasteiger partial charge in [-0.05, 0) is 36.8 Å². The zero-order chi connectivity index (χ0) is 18.5. The molecule has 136 valence electrons. The van der Waals surface area contributed by atoms with Gasteiger partial charge in [-0.2, -0.15) is 0 Å². The summed E-state index contributed by atoms with van der Waals surface area (Å²) in [6, 6.07) is 12.4. The van der Waals surface area contributed by atoms with E-state index in [0.717, 1.165) is 5.56 Å². The number of benzene rings is 2. The van der Waals surface area contributed by atoms with Crippen LogP contribution in [0.3, 0.4) is 0 Å². The Bertz CT molecular complexity index is 821. The largest absolute Gasteiger partial charge is 0.454 e. The van der Waals surface area contributed by atoms with Crippen LogP contribution in [0.1, 0.15) is 22.8 Å². The van der Waals surface area contributed by atoms with Gasteiger partial charge in [-0.15, -0.1) is 0 Å². The fraction of sp³-hybridized carbons (Fsp3) is 0.263. The molecule has 26 heavy (non-hydrogen) atoms. The number of esters is 1. The summed E-state index contributed by atoms with van der Waals surface area (Å²) in [5.41, 5.74) is 1.89. The van der Waals surface area contributed by atoms with Gasteiger partial charge in [0.25, 0.3) is 5.91 Å². The maximum absolute atomic E-state index is 12.3. The average molecular weight is 356 g/mol. The summed E-state index contributed by atoms with van der Waals surface area (Å²) in [5.74, 6) is 0.407. The monoisotopic (exact) mass is 356 g/mol. The number of para-hydroxylation sites is 1. The second-order valence-corrected chi connectivity index (χ2v) is 5.75. The van der Waals surface area contributed by atoms with Crippen molar-refractivity contribution in [3.63, 3.8) is 0 Å². The van der Waals surface area contributed by atoms with Gasteiger partial charge in [-0.25, -0.2) is 4.79 Å². The number of rotatable bonds is 6. The molecule has 2 aromatic carbocycles. The molecule has 0 fully saturated rings. The van der Waals surface area contributed by atoms with Crippen LogP contribution < -0.4 is 20.1 Å². The van der Waals surface area contributed by atoms with Gasteiger partial charge < -0.3 is 24.8 Å². The molecule has 0 spiro atoms. The minimum atomic E-state index is -0.915. The normalized spacial score (nSPS) is 13.0. The van der Waals surface area contributed by atoms with E-state index in [1.807, 2.05) is 18.2 Å². The number of amides is 1. The quantitative estimate of drug-likeness (QED) is 0.773. The first kappa shape index (κ1) is 17.6. The van der Waals surface area contributed by atoms with E-state index < -0.39 is 12.1 Å². The number of carbonyl (C=O) groups excluding carboxylic acids is 2.